The Balaban J connectivity index is 1.46. The van der Waals surface area contributed by atoms with Gasteiger partial charge < -0.3 is 19.7 Å². The van der Waals surface area contributed by atoms with Crippen molar-refractivity contribution >= 4 is 11.8 Å². The number of halogens is 1. The Kier molecular flexibility index (Phi) is 7.45. The number of hydrogen-bond acceptors (Lipinski definition) is 6. The van der Waals surface area contributed by atoms with E-state index in [1.807, 2.05) is 35.9 Å². The fraction of sp³-hybridized carbons (Fsp3) is 0.314. The molecule has 2 aromatic heterocycles. The van der Waals surface area contributed by atoms with Gasteiger partial charge in [-0.15, -0.1) is 0 Å². The molecule has 45 heavy (non-hydrogen) atoms. The molecule has 0 fully saturated rings. The molecule has 1 N–H and O–H groups in total. The number of benzene rings is 2. The first-order valence-electron chi connectivity index (χ1n) is 15.3. The standard InChI is InChI=1S/C35H34FN5O4/c1-4-30(42)40-13-14-41-28(20(40)2)18-27(39-41)34-31(32-26(36)9-6-10-29(32)45-16-15-44-3)24-7-5-8-25(24)33(38-34)21-11-12-23-22(17-21)19-37-35(23)43/h4,6,9-12,17-18,20H,1,5,7-8,13-16,19H2,2-3H3,(H,37,43)/t20-/m1/s1. The van der Waals surface area contributed by atoms with E-state index in [1.165, 1.54) is 12.1 Å². The molecule has 0 bridgehead atoms. The molecular weight excluding hydrogens is 573 g/mol. The molecule has 230 valence electrons. The molecule has 4 heterocycles. The normalized spacial score (nSPS) is 16.6. The van der Waals surface area contributed by atoms with Crippen LogP contribution in [0.4, 0.5) is 4.39 Å². The van der Waals surface area contributed by atoms with Crippen molar-refractivity contribution in [3.8, 4) is 39.5 Å². The Bertz CT molecular complexity index is 1870. The highest BCUT2D eigenvalue weighted by atomic mass is 19.1. The van der Waals surface area contributed by atoms with Crippen LogP contribution in [0.15, 0.2) is 55.1 Å². The van der Waals surface area contributed by atoms with Gasteiger partial charge in [-0.25, -0.2) is 9.37 Å². The van der Waals surface area contributed by atoms with E-state index in [2.05, 4.69) is 11.9 Å². The second-order valence-electron chi connectivity index (χ2n) is 11.6. The maximum atomic E-state index is 16.0. The highest BCUT2D eigenvalue weighted by Crippen LogP contribution is 2.47. The summed E-state index contributed by atoms with van der Waals surface area (Å²) in [5.74, 6) is -0.201. The summed E-state index contributed by atoms with van der Waals surface area (Å²) in [5, 5.41) is 7.89. The number of nitrogens with one attached hydrogen (secondary N) is 1. The third-order valence-electron chi connectivity index (χ3n) is 9.06. The highest BCUT2D eigenvalue weighted by Gasteiger charge is 2.33. The minimum atomic E-state index is -0.406. The van der Waals surface area contributed by atoms with Gasteiger partial charge in [-0.2, -0.15) is 5.10 Å². The average Bonchev–Trinajstić information content (AvgIpc) is 3.80. The topological polar surface area (TPSA) is 98.6 Å². The fourth-order valence-corrected chi connectivity index (χ4v) is 6.87. The van der Waals surface area contributed by atoms with Crippen LogP contribution in [0.25, 0.3) is 33.8 Å². The van der Waals surface area contributed by atoms with Crippen molar-refractivity contribution in [2.75, 3.05) is 26.9 Å². The number of ether oxygens (including phenoxy) is 2. The lowest BCUT2D eigenvalue weighted by atomic mass is 9.90. The molecule has 0 radical (unpaired) electrons. The molecular formula is C35H34FN5O4. The Morgan fingerprint density at radius 1 is 1.11 bits per heavy atom. The number of amides is 2. The van der Waals surface area contributed by atoms with E-state index < -0.39 is 5.82 Å². The van der Waals surface area contributed by atoms with Crippen LogP contribution in [0, 0.1) is 5.82 Å². The van der Waals surface area contributed by atoms with Gasteiger partial charge in [-0.1, -0.05) is 18.7 Å². The minimum absolute atomic E-state index is 0.0759. The van der Waals surface area contributed by atoms with Crippen molar-refractivity contribution < 1.29 is 23.5 Å². The van der Waals surface area contributed by atoms with Crippen molar-refractivity contribution in [1.29, 1.82) is 0 Å². The lowest BCUT2D eigenvalue weighted by molar-refractivity contribution is -0.129. The Morgan fingerprint density at radius 2 is 1.96 bits per heavy atom. The zero-order chi connectivity index (χ0) is 31.2. The van der Waals surface area contributed by atoms with E-state index in [0.717, 1.165) is 52.9 Å². The SMILES string of the molecule is C=CC(=O)N1CCn2nc(-c3nc(-c4ccc5c(c4)CNC5=O)c4c(c3-c3c(F)cccc3OCCOC)CCC4)cc2[C@H]1C. The van der Waals surface area contributed by atoms with Gasteiger partial charge in [0, 0.05) is 36.9 Å². The van der Waals surface area contributed by atoms with Crippen molar-refractivity contribution in [3.63, 3.8) is 0 Å². The molecule has 3 aliphatic rings. The van der Waals surface area contributed by atoms with Crippen molar-refractivity contribution in [2.45, 2.75) is 45.3 Å². The summed E-state index contributed by atoms with van der Waals surface area (Å²) in [7, 11) is 1.60. The van der Waals surface area contributed by atoms with Crippen molar-refractivity contribution in [3.05, 3.63) is 88.9 Å². The highest BCUT2D eigenvalue weighted by molar-refractivity contribution is 5.99. The van der Waals surface area contributed by atoms with Gasteiger partial charge in [0.1, 0.15) is 23.9 Å². The van der Waals surface area contributed by atoms with E-state index in [-0.39, 0.29) is 24.5 Å². The Morgan fingerprint density at radius 3 is 2.78 bits per heavy atom. The number of carbonyl (C=O) groups excluding carboxylic acids is 2. The first-order chi connectivity index (χ1) is 21.9. The molecule has 2 aromatic carbocycles. The third-order valence-corrected chi connectivity index (χ3v) is 9.06. The second-order valence-corrected chi connectivity index (χ2v) is 11.6. The summed E-state index contributed by atoms with van der Waals surface area (Å²) in [6.07, 6.45) is 3.77. The molecule has 9 nitrogen and oxygen atoms in total. The van der Waals surface area contributed by atoms with Crippen molar-refractivity contribution in [1.82, 2.24) is 25.0 Å². The maximum Gasteiger partial charge on any atom is 0.251 e. The predicted octanol–water partition coefficient (Wildman–Crippen LogP) is 5.26. The average molecular weight is 608 g/mol. The number of hydrogen-bond donors (Lipinski definition) is 1. The summed E-state index contributed by atoms with van der Waals surface area (Å²) >= 11 is 0. The molecule has 0 unspecified atom stereocenters. The summed E-state index contributed by atoms with van der Waals surface area (Å²) in [4.78, 5) is 31.9. The van der Waals surface area contributed by atoms with E-state index in [9.17, 15) is 9.59 Å². The van der Waals surface area contributed by atoms with Crippen LogP contribution in [0.2, 0.25) is 0 Å². The molecule has 4 aromatic rings. The zero-order valence-corrected chi connectivity index (χ0v) is 25.4. The van der Waals surface area contributed by atoms with Gasteiger partial charge in [0.2, 0.25) is 5.91 Å². The summed E-state index contributed by atoms with van der Waals surface area (Å²) in [5.41, 5.74) is 8.45. The Hall–Kier alpha value is -4.83. The van der Waals surface area contributed by atoms with Gasteiger partial charge >= 0.3 is 0 Å². The smallest absolute Gasteiger partial charge is 0.251 e. The lowest BCUT2D eigenvalue weighted by Gasteiger charge is -2.33. The van der Waals surface area contributed by atoms with Crippen LogP contribution >= 0.6 is 0 Å². The van der Waals surface area contributed by atoms with Crippen LogP contribution in [0.3, 0.4) is 0 Å². The fourth-order valence-electron chi connectivity index (χ4n) is 6.87. The summed E-state index contributed by atoms with van der Waals surface area (Å²) in [6.45, 7) is 7.75. The van der Waals surface area contributed by atoms with E-state index in [1.54, 1.807) is 24.1 Å². The maximum absolute atomic E-state index is 16.0. The molecule has 0 spiro atoms. The van der Waals surface area contributed by atoms with Crippen LogP contribution in [0.5, 0.6) is 5.75 Å². The van der Waals surface area contributed by atoms with Crippen LogP contribution in [-0.4, -0.2) is 58.3 Å². The molecule has 7 rings (SSSR count). The zero-order valence-electron chi connectivity index (χ0n) is 25.4. The van der Waals surface area contributed by atoms with Gasteiger partial charge in [0.05, 0.1) is 41.8 Å². The van der Waals surface area contributed by atoms with Crippen LogP contribution < -0.4 is 10.1 Å². The second kappa shape index (κ2) is 11.6. The monoisotopic (exact) mass is 607 g/mol. The molecule has 2 aliphatic heterocycles. The van der Waals surface area contributed by atoms with E-state index in [0.29, 0.717) is 60.1 Å². The number of rotatable bonds is 8. The number of aromatic nitrogens is 3. The lowest BCUT2D eigenvalue weighted by Crippen LogP contribution is -2.40. The first-order valence-corrected chi connectivity index (χ1v) is 15.3. The number of methoxy groups -OCH3 is 1. The number of nitrogens with zero attached hydrogens (tertiary/aromatic N) is 4. The van der Waals surface area contributed by atoms with Gasteiger partial charge in [-0.05, 0) is 79.3 Å². The largest absolute Gasteiger partial charge is 0.490 e. The van der Waals surface area contributed by atoms with Gasteiger partial charge in [0.15, 0.2) is 0 Å². The van der Waals surface area contributed by atoms with E-state index in [4.69, 9.17) is 19.6 Å². The van der Waals surface area contributed by atoms with Crippen LogP contribution in [0.1, 0.15) is 52.1 Å². The summed E-state index contributed by atoms with van der Waals surface area (Å²) in [6, 6.07) is 12.4. The molecule has 0 saturated carbocycles. The van der Waals surface area contributed by atoms with Gasteiger partial charge in [0.25, 0.3) is 5.91 Å². The molecule has 0 saturated heterocycles. The summed E-state index contributed by atoms with van der Waals surface area (Å²) < 4.78 is 29.2. The van der Waals surface area contributed by atoms with Crippen LogP contribution in [-0.2, 0) is 35.5 Å². The molecule has 1 aliphatic carbocycles. The first kappa shape index (κ1) is 28.9. The quantitative estimate of drug-likeness (QED) is 0.217. The third kappa shape index (κ3) is 4.89. The van der Waals surface area contributed by atoms with E-state index >= 15 is 4.39 Å². The number of fused-ring (bicyclic) bond motifs is 3. The molecule has 10 heteroatoms. The minimum Gasteiger partial charge on any atom is -0.490 e. The molecule has 2 amide bonds. The van der Waals surface area contributed by atoms with Gasteiger partial charge in [-0.3, -0.25) is 14.3 Å². The number of carbonyl (C=O) groups is 2. The number of pyridine rings is 1. The molecule has 1 atom stereocenters. The van der Waals surface area contributed by atoms with Crippen molar-refractivity contribution in [2.24, 2.45) is 0 Å². The Labute approximate surface area is 260 Å². The predicted molar refractivity (Wildman–Crippen MR) is 167 cm³/mol.